The Morgan fingerprint density at radius 2 is 2.21 bits per heavy atom. The lowest BCUT2D eigenvalue weighted by atomic mass is 10.0. The average Bonchev–Trinajstić information content (AvgIpc) is 2.31. The van der Waals surface area contributed by atoms with E-state index in [0.717, 1.165) is 35.0 Å². The predicted octanol–water partition coefficient (Wildman–Crippen LogP) is 2.47. The highest BCUT2D eigenvalue weighted by molar-refractivity contribution is 9.10. The molecule has 1 heterocycles. The second kappa shape index (κ2) is 3.73. The van der Waals surface area contributed by atoms with Crippen LogP contribution >= 0.6 is 15.9 Å². The summed E-state index contributed by atoms with van der Waals surface area (Å²) in [6, 6.07) is 5.82. The summed E-state index contributed by atoms with van der Waals surface area (Å²) in [6.07, 6.45) is 2.02. The highest BCUT2D eigenvalue weighted by Gasteiger charge is 2.20. The van der Waals surface area contributed by atoms with Gasteiger partial charge in [0.25, 0.3) is 5.91 Å². The molecule has 1 aliphatic heterocycles. The van der Waals surface area contributed by atoms with Crippen molar-refractivity contribution >= 4 is 21.8 Å². The SMILES string of the molecule is CN1CCCc2c(Br)cccc2C1=O. The maximum absolute atomic E-state index is 11.9. The van der Waals surface area contributed by atoms with E-state index in [1.54, 1.807) is 4.90 Å². The Hall–Kier alpha value is -0.830. The molecule has 0 aromatic heterocycles. The highest BCUT2D eigenvalue weighted by Crippen LogP contribution is 2.25. The zero-order chi connectivity index (χ0) is 10.1. The molecular weight excluding hydrogens is 242 g/mol. The van der Waals surface area contributed by atoms with E-state index in [9.17, 15) is 4.79 Å². The largest absolute Gasteiger partial charge is 0.342 e. The van der Waals surface area contributed by atoms with Gasteiger partial charge in [0.1, 0.15) is 0 Å². The second-order valence-electron chi connectivity index (χ2n) is 3.60. The van der Waals surface area contributed by atoms with Gasteiger partial charge in [0.2, 0.25) is 0 Å². The standard InChI is InChI=1S/C11H12BrNO/c1-13-7-3-5-8-9(11(13)14)4-2-6-10(8)12/h2,4,6H,3,5,7H2,1H3. The summed E-state index contributed by atoms with van der Waals surface area (Å²) < 4.78 is 1.05. The van der Waals surface area contributed by atoms with Crippen molar-refractivity contribution in [2.75, 3.05) is 13.6 Å². The summed E-state index contributed by atoms with van der Waals surface area (Å²) in [5, 5.41) is 0. The molecule has 1 amide bonds. The fraction of sp³-hybridized carbons (Fsp3) is 0.364. The van der Waals surface area contributed by atoms with E-state index >= 15 is 0 Å². The van der Waals surface area contributed by atoms with Crippen LogP contribution in [0.4, 0.5) is 0 Å². The minimum absolute atomic E-state index is 0.138. The first-order valence-corrected chi connectivity index (χ1v) is 5.52. The predicted molar refractivity (Wildman–Crippen MR) is 59.4 cm³/mol. The van der Waals surface area contributed by atoms with E-state index in [2.05, 4.69) is 15.9 Å². The molecule has 2 nitrogen and oxygen atoms in total. The normalized spacial score (nSPS) is 16.4. The number of nitrogens with zero attached hydrogens (tertiary/aromatic N) is 1. The molecule has 2 rings (SSSR count). The van der Waals surface area contributed by atoms with Crippen LogP contribution in [0, 0.1) is 0 Å². The zero-order valence-electron chi connectivity index (χ0n) is 8.09. The fourth-order valence-corrected chi connectivity index (χ4v) is 2.38. The minimum atomic E-state index is 0.138. The van der Waals surface area contributed by atoms with E-state index in [1.165, 1.54) is 0 Å². The van der Waals surface area contributed by atoms with E-state index in [-0.39, 0.29) is 5.91 Å². The summed E-state index contributed by atoms with van der Waals surface area (Å²) in [5.74, 6) is 0.138. The van der Waals surface area contributed by atoms with Crippen LogP contribution in [0.2, 0.25) is 0 Å². The van der Waals surface area contributed by atoms with Crippen LogP contribution in [0.25, 0.3) is 0 Å². The Balaban J connectivity index is 2.53. The molecule has 1 aromatic carbocycles. The second-order valence-corrected chi connectivity index (χ2v) is 4.45. The number of amides is 1. The van der Waals surface area contributed by atoms with Crippen molar-refractivity contribution in [3.05, 3.63) is 33.8 Å². The molecule has 0 N–H and O–H groups in total. The first-order valence-electron chi connectivity index (χ1n) is 4.73. The quantitative estimate of drug-likeness (QED) is 0.696. The molecule has 14 heavy (non-hydrogen) atoms. The third-order valence-electron chi connectivity index (χ3n) is 2.62. The lowest BCUT2D eigenvalue weighted by Gasteiger charge is -2.13. The molecular formula is C11H12BrNO. The van der Waals surface area contributed by atoms with Gasteiger partial charge >= 0.3 is 0 Å². The Bertz CT molecular complexity index is 376. The van der Waals surface area contributed by atoms with Crippen LogP contribution in [0.1, 0.15) is 22.3 Å². The smallest absolute Gasteiger partial charge is 0.253 e. The summed E-state index contributed by atoms with van der Waals surface area (Å²) in [4.78, 5) is 13.7. The number of carbonyl (C=O) groups excluding carboxylic acids is 1. The lowest BCUT2D eigenvalue weighted by Crippen LogP contribution is -2.26. The first kappa shape index (κ1) is 9.71. The molecule has 0 saturated carbocycles. The summed E-state index contributed by atoms with van der Waals surface area (Å²) in [6.45, 7) is 0.847. The van der Waals surface area contributed by atoms with Crippen LogP contribution in [0.5, 0.6) is 0 Å². The number of rotatable bonds is 0. The summed E-state index contributed by atoms with van der Waals surface area (Å²) >= 11 is 3.49. The molecule has 0 unspecified atom stereocenters. The Kier molecular flexibility index (Phi) is 2.59. The van der Waals surface area contributed by atoms with Gasteiger partial charge in [-0.25, -0.2) is 0 Å². The van der Waals surface area contributed by atoms with Gasteiger partial charge in [-0.05, 0) is 30.5 Å². The molecule has 1 aromatic rings. The van der Waals surface area contributed by atoms with Crippen LogP contribution in [-0.2, 0) is 6.42 Å². The van der Waals surface area contributed by atoms with Crippen molar-refractivity contribution in [2.24, 2.45) is 0 Å². The molecule has 74 valence electrons. The number of benzene rings is 1. The molecule has 0 atom stereocenters. The van der Waals surface area contributed by atoms with Gasteiger partial charge in [-0.15, -0.1) is 0 Å². The van der Waals surface area contributed by atoms with Crippen molar-refractivity contribution in [1.29, 1.82) is 0 Å². The van der Waals surface area contributed by atoms with Crippen molar-refractivity contribution < 1.29 is 4.79 Å². The van der Waals surface area contributed by atoms with Gasteiger partial charge in [-0.2, -0.15) is 0 Å². The Labute approximate surface area is 92.0 Å². The summed E-state index contributed by atoms with van der Waals surface area (Å²) in [5.41, 5.74) is 2.00. The van der Waals surface area contributed by atoms with Crippen molar-refractivity contribution in [1.82, 2.24) is 4.90 Å². The minimum Gasteiger partial charge on any atom is -0.342 e. The maximum Gasteiger partial charge on any atom is 0.253 e. The third-order valence-corrected chi connectivity index (χ3v) is 3.36. The maximum atomic E-state index is 11.9. The van der Waals surface area contributed by atoms with Gasteiger partial charge < -0.3 is 4.90 Å². The van der Waals surface area contributed by atoms with Crippen molar-refractivity contribution in [3.63, 3.8) is 0 Å². The first-order chi connectivity index (χ1) is 6.70. The molecule has 0 bridgehead atoms. The van der Waals surface area contributed by atoms with Crippen LogP contribution < -0.4 is 0 Å². The van der Waals surface area contributed by atoms with E-state index in [1.807, 2.05) is 25.2 Å². The van der Waals surface area contributed by atoms with Gasteiger partial charge in [0.15, 0.2) is 0 Å². The highest BCUT2D eigenvalue weighted by atomic mass is 79.9. The molecule has 0 radical (unpaired) electrons. The Morgan fingerprint density at radius 1 is 1.43 bits per heavy atom. The van der Waals surface area contributed by atoms with Gasteiger partial charge in [0.05, 0.1) is 0 Å². The van der Waals surface area contributed by atoms with Crippen LogP contribution in [-0.4, -0.2) is 24.4 Å². The topological polar surface area (TPSA) is 20.3 Å². The van der Waals surface area contributed by atoms with Crippen LogP contribution in [0.15, 0.2) is 22.7 Å². The number of hydrogen-bond acceptors (Lipinski definition) is 1. The molecule has 1 aliphatic rings. The van der Waals surface area contributed by atoms with E-state index in [4.69, 9.17) is 0 Å². The fourth-order valence-electron chi connectivity index (χ4n) is 1.81. The van der Waals surface area contributed by atoms with Gasteiger partial charge in [0, 0.05) is 23.6 Å². The van der Waals surface area contributed by atoms with Gasteiger partial charge in [-0.1, -0.05) is 22.0 Å². The van der Waals surface area contributed by atoms with Gasteiger partial charge in [-0.3, -0.25) is 4.79 Å². The van der Waals surface area contributed by atoms with E-state index in [0.29, 0.717) is 0 Å². The number of carbonyl (C=O) groups is 1. The molecule has 0 fully saturated rings. The number of halogens is 1. The zero-order valence-corrected chi connectivity index (χ0v) is 9.67. The number of hydrogen-bond donors (Lipinski definition) is 0. The monoisotopic (exact) mass is 253 g/mol. The van der Waals surface area contributed by atoms with Crippen molar-refractivity contribution in [2.45, 2.75) is 12.8 Å². The molecule has 0 saturated heterocycles. The number of fused-ring (bicyclic) bond motifs is 1. The van der Waals surface area contributed by atoms with E-state index < -0.39 is 0 Å². The molecule has 3 heteroatoms. The average molecular weight is 254 g/mol. The lowest BCUT2D eigenvalue weighted by molar-refractivity contribution is 0.0800. The van der Waals surface area contributed by atoms with Crippen LogP contribution in [0.3, 0.4) is 0 Å². The third kappa shape index (κ3) is 1.57. The summed E-state index contributed by atoms with van der Waals surface area (Å²) in [7, 11) is 1.86. The van der Waals surface area contributed by atoms with Crippen molar-refractivity contribution in [3.8, 4) is 0 Å². The molecule has 0 aliphatic carbocycles. The molecule has 0 spiro atoms. The Morgan fingerprint density at radius 3 is 3.00 bits per heavy atom.